The van der Waals surface area contributed by atoms with Gasteiger partial charge in [-0.05, 0) is 6.42 Å². The van der Waals surface area contributed by atoms with Crippen molar-refractivity contribution in [2.45, 2.75) is 10.3 Å². The number of carbonyl (C=O) groups excluding carboxylic acids is 1. The molecule has 110 valence electrons. The van der Waals surface area contributed by atoms with E-state index in [2.05, 4.69) is 0 Å². The molecule has 0 N–H and O–H groups in total. The van der Waals surface area contributed by atoms with E-state index in [1.807, 2.05) is 22.6 Å². The Morgan fingerprint density at radius 2 is 2.10 bits per heavy atom. The van der Waals surface area contributed by atoms with Gasteiger partial charge in [-0.3, -0.25) is 4.79 Å². The van der Waals surface area contributed by atoms with E-state index >= 15 is 0 Å². The number of nitrogens with zero attached hydrogens (tertiary/aromatic N) is 2. The van der Waals surface area contributed by atoms with Crippen molar-refractivity contribution in [2.24, 2.45) is 0 Å². The molecule has 1 aliphatic rings. The van der Waals surface area contributed by atoms with Gasteiger partial charge in [-0.15, -0.1) is 0 Å². The molecule has 0 saturated heterocycles. The van der Waals surface area contributed by atoms with Crippen LogP contribution in [0.25, 0.3) is 5.70 Å². The first-order valence-corrected chi connectivity index (χ1v) is 7.31. The highest BCUT2D eigenvalue weighted by atomic mass is 127. The van der Waals surface area contributed by atoms with Crippen molar-refractivity contribution in [1.82, 2.24) is 4.90 Å². The number of amides is 1. The molecule has 0 spiro atoms. The molecule has 1 amide bonds. The van der Waals surface area contributed by atoms with Crippen LogP contribution in [0.3, 0.4) is 0 Å². The maximum absolute atomic E-state index is 14.1. The number of alkyl halides is 1. The van der Waals surface area contributed by atoms with Gasteiger partial charge in [0, 0.05) is 19.2 Å². The van der Waals surface area contributed by atoms with E-state index in [1.54, 1.807) is 12.1 Å². The molecule has 0 aliphatic carbocycles. The van der Waals surface area contributed by atoms with Gasteiger partial charge in [0.05, 0.1) is 15.2 Å². The zero-order valence-corrected chi connectivity index (χ0v) is 13.2. The molecule has 4 nitrogen and oxygen atoms in total. The van der Waals surface area contributed by atoms with Crippen molar-refractivity contribution in [3.63, 3.8) is 0 Å². The lowest BCUT2D eigenvalue weighted by Gasteiger charge is -2.28. The third kappa shape index (κ3) is 3.15. The summed E-state index contributed by atoms with van der Waals surface area (Å²) in [7, 11) is 1.48. The van der Waals surface area contributed by atoms with E-state index in [9.17, 15) is 13.6 Å². The van der Waals surface area contributed by atoms with Gasteiger partial charge in [0.25, 0.3) is 0 Å². The van der Waals surface area contributed by atoms with Crippen LogP contribution in [-0.2, 0) is 4.79 Å². The maximum Gasteiger partial charge on any atom is 0.240 e. The molecule has 21 heavy (non-hydrogen) atoms. The quantitative estimate of drug-likeness (QED) is 0.575. The highest BCUT2D eigenvalue weighted by Gasteiger charge is 2.29. The number of nitriles is 1. The summed E-state index contributed by atoms with van der Waals surface area (Å²) < 4.78 is 32.9. The molecule has 1 aromatic carbocycles. The third-order valence-electron chi connectivity index (χ3n) is 3.05. The van der Waals surface area contributed by atoms with Crippen molar-refractivity contribution in [3.05, 3.63) is 35.4 Å². The van der Waals surface area contributed by atoms with Crippen molar-refractivity contribution >= 4 is 34.2 Å². The molecule has 2 rings (SSSR count). The summed E-state index contributed by atoms with van der Waals surface area (Å²) >= 11 is 1.99. The number of benzene rings is 1. The summed E-state index contributed by atoms with van der Waals surface area (Å²) in [5, 5.41) is 8.40. The van der Waals surface area contributed by atoms with E-state index < -0.39 is 11.6 Å². The van der Waals surface area contributed by atoms with Crippen molar-refractivity contribution in [3.8, 4) is 11.8 Å². The van der Waals surface area contributed by atoms with Crippen LogP contribution < -0.4 is 4.74 Å². The van der Waals surface area contributed by atoms with Crippen LogP contribution in [0.1, 0.15) is 12.0 Å². The molecule has 1 aromatic rings. The van der Waals surface area contributed by atoms with Crippen LogP contribution in [0, 0.1) is 23.0 Å². The van der Waals surface area contributed by atoms with Crippen LogP contribution in [-0.4, -0.2) is 28.4 Å². The highest BCUT2D eigenvalue weighted by molar-refractivity contribution is 14.1. The Hall–Kier alpha value is -1.69. The van der Waals surface area contributed by atoms with Gasteiger partial charge in [-0.1, -0.05) is 28.7 Å². The molecular weight excluding hydrogens is 393 g/mol. The van der Waals surface area contributed by atoms with Crippen LogP contribution in [0.2, 0.25) is 0 Å². The zero-order chi connectivity index (χ0) is 15.6. The first kappa shape index (κ1) is 15.7. The lowest BCUT2D eigenvalue weighted by atomic mass is 10.0. The van der Waals surface area contributed by atoms with Gasteiger partial charge in [-0.25, -0.2) is 8.78 Å². The fourth-order valence-corrected chi connectivity index (χ4v) is 2.72. The Balaban J connectivity index is 2.41. The second-order valence-corrected chi connectivity index (χ2v) is 5.90. The topological polar surface area (TPSA) is 53.3 Å². The first-order chi connectivity index (χ1) is 9.95. The fraction of sp³-hybridized carbons (Fsp3) is 0.286. The molecule has 0 saturated carbocycles. The predicted octanol–water partition coefficient (Wildman–Crippen LogP) is 2.87. The number of rotatable bonds is 3. The second-order valence-electron chi connectivity index (χ2n) is 4.40. The normalized spacial score (nSPS) is 18.2. The molecule has 1 unspecified atom stereocenters. The van der Waals surface area contributed by atoms with Gasteiger partial charge in [-0.2, -0.15) is 5.26 Å². The molecule has 1 atom stereocenters. The van der Waals surface area contributed by atoms with Crippen LogP contribution >= 0.6 is 22.6 Å². The van der Waals surface area contributed by atoms with Crippen molar-refractivity contribution in [1.29, 1.82) is 5.26 Å². The number of allylic oxidation sites excluding steroid dienone is 1. The van der Waals surface area contributed by atoms with E-state index in [4.69, 9.17) is 10.00 Å². The average Bonchev–Trinajstić information content (AvgIpc) is 2.44. The lowest BCUT2D eigenvalue weighted by molar-refractivity contribution is -0.126. The Morgan fingerprint density at radius 1 is 1.48 bits per heavy atom. The van der Waals surface area contributed by atoms with E-state index in [0.717, 1.165) is 12.1 Å². The van der Waals surface area contributed by atoms with Gasteiger partial charge in [0.1, 0.15) is 23.5 Å². The Labute approximate surface area is 134 Å². The Bertz CT molecular complexity index is 632. The summed E-state index contributed by atoms with van der Waals surface area (Å²) in [5.41, 5.74) is -0.0618. The first-order valence-electron chi connectivity index (χ1n) is 6.06. The van der Waals surface area contributed by atoms with Crippen LogP contribution in [0.15, 0.2) is 18.2 Å². The zero-order valence-electron chi connectivity index (χ0n) is 11.1. The van der Waals surface area contributed by atoms with Gasteiger partial charge >= 0.3 is 0 Å². The molecule has 0 bridgehead atoms. The highest BCUT2D eigenvalue weighted by Crippen LogP contribution is 2.32. The summed E-state index contributed by atoms with van der Waals surface area (Å²) in [4.78, 5) is 13.2. The molecular formula is C14H11F2IN2O2. The average molecular weight is 404 g/mol. The molecule has 0 radical (unpaired) electrons. The third-order valence-corrected chi connectivity index (χ3v) is 4.09. The number of carbonyl (C=O) groups is 1. The van der Waals surface area contributed by atoms with Crippen LogP contribution in [0.5, 0.6) is 5.75 Å². The molecule has 1 heterocycles. The minimum Gasteiger partial charge on any atom is -0.479 e. The summed E-state index contributed by atoms with van der Waals surface area (Å²) in [6, 6.07) is 3.73. The second kappa shape index (κ2) is 6.39. The van der Waals surface area contributed by atoms with Gasteiger partial charge in [0.2, 0.25) is 5.91 Å². The molecule has 0 aromatic heterocycles. The molecule has 0 fully saturated rings. The molecule has 7 heteroatoms. The maximum atomic E-state index is 14.1. The molecule has 1 aliphatic heterocycles. The fourth-order valence-electron chi connectivity index (χ4n) is 2.04. The summed E-state index contributed by atoms with van der Waals surface area (Å²) in [6.45, 7) is -0.296. The predicted molar refractivity (Wildman–Crippen MR) is 80.6 cm³/mol. The van der Waals surface area contributed by atoms with E-state index in [0.29, 0.717) is 6.42 Å². The SMILES string of the molecule is CN1C(=O)C(I)CC=C1c1c(F)cc(OCC#N)cc1F. The largest absolute Gasteiger partial charge is 0.479 e. The smallest absolute Gasteiger partial charge is 0.240 e. The Morgan fingerprint density at radius 3 is 2.67 bits per heavy atom. The van der Waals surface area contributed by atoms with Crippen LogP contribution in [0.4, 0.5) is 8.78 Å². The summed E-state index contributed by atoms with van der Waals surface area (Å²) in [5.74, 6) is -1.93. The summed E-state index contributed by atoms with van der Waals surface area (Å²) in [6.07, 6.45) is 2.06. The van der Waals surface area contributed by atoms with Gasteiger partial charge < -0.3 is 9.64 Å². The standard InChI is InChI=1S/C14H11F2IN2O2/c1-19-12(3-2-11(17)14(19)20)13-9(15)6-8(7-10(13)16)21-5-4-18/h3,6-7,11H,2,5H2,1H3. The number of halogens is 3. The lowest BCUT2D eigenvalue weighted by Crippen LogP contribution is -2.35. The number of hydrogen-bond acceptors (Lipinski definition) is 3. The van der Waals surface area contributed by atoms with E-state index in [1.165, 1.54) is 11.9 Å². The minimum absolute atomic E-state index is 0.0625. The number of hydrogen-bond donors (Lipinski definition) is 0. The van der Waals surface area contributed by atoms with Crippen molar-refractivity contribution in [2.75, 3.05) is 13.7 Å². The van der Waals surface area contributed by atoms with Gasteiger partial charge in [0.15, 0.2) is 6.61 Å². The number of ether oxygens (including phenoxy) is 1. The van der Waals surface area contributed by atoms with Crippen molar-refractivity contribution < 1.29 is 18.3 Å². The monoisotopic (exact) mass is 404 g/mol. The van der Waals surface area contributed by atoms with E-state index in [-0.39, 0.29) is 33.4 Å². The Kier molecular flexibility index (Phi) is 4.77. The minimum atomic E-state index is -0.833.